The third kappa shape index (κ3) is 3.91. The van der Waals surface area contributed by atoms with Gasteiger partial charge in [-0.2, -0.15) is 0 Å². The van der Waals surface area contributed by atoms with Crippen LogP contribution in [0.3, 0.4) is 0 Å². The fraction of sp³-hybridized carbons (Fsp3) is 0.450. The average Bonchev–Trinajstić information content (AvgIpc) is 2.94. The van der Waals surface area contributed by atoms with E-state index in [9.17, 15) is 4.79 Å². The fourth-order valence-corrected chi connectivity index (χ4v) is 4.20. The number of hydrogen-bond donors (Lipinski definition) is 0. The molecule has 6 heteroatoms. The van der Waals surface area contributed by atoms with Crippen molar-refractivity contribution in [2.75, 3.05) is 32.7 Å². The second-order valence-electron chi connectivity index (χ2n) is 6.48. The van der Waals surface area contributed by atoms with E-state index >= 15 is 0 Å². The van der Waals surface area contributed by atoms with Crippen molar-refractivity contribution in [2.45, 2.75) is 31.7 Å². The first kappa shape index (κ1) is 18.9. The topological polar surface area (TPSA) is 49.7 Å². The summed E-state index contributed by atoms with van der Waals surface area (Å²) >= 11 is 1.52. The standard InChI is InChI=1S/C20H25NO4S/c1-13-9-17(15(3)21(13)14(2)11-23-4)18(22)12-26-16-5-6-19-20(10-16)25-8-7-24-19/h5-6,9-10,14H,7-8,11-12H2,1-4H3/t14-/m0/s1. The molecular weight excluding hydrogens is 350 g/mol. The van der Waals surface area contributed by atoms with Gasteiger partial charge in [-0.1, -0.05) is 0 Å². The number of benzene rings is 1. The number of thioether (sulfide) groups is 1. The van der Waals surface area contributed by atoms with Crippen LogP contribution in [-0.4, -0.2) is 43.0 Å². The number of ketones is 1. The Bertz CT molecular complexity index is 799. The number of rotatable bonds is 7. The molecule has 0 radical (unpaired) electrons. The van der Waals surface area contributed by atoms with E-state index in [1.165, 1.54) is 11.8 Å². The van der Waals surface area contributed by atoms with Crippen LogP contribution in [0.4, 0.5) is 0 Å². The molecule has 0 spiro atoms. The molecule has 0 bridgehead atoms. The average molecular weight is 375 g/mol. The first-order valence-corrected chi connectivity index (χ1v) is 9.72. The smallest absolute Gasteiger partial charge is 0.174 e. The molecule has 0 unspecified atom stereocenters. The van der Waals surface area contributed by atoms with E-state index in [2.05, 4.69) is 11.5 Å². The van der Waals surface area contributed by atoms with Crippen molar-refractivity contribution in [3.05, 3.63) is 41.2 Å². The first-order chi connectivity index (χ1) is 12.5. The molecule has 140 valence electrons. The molecule has 1 aliphatic rings. The predicted molar refractivity (Wildman–Crippen MR) is 103 cm³/mol. The number of aromatic nitrogens is 1. The number of carbonyl (C=O) groups excluding carboxylic acids is 1. The molecule has 0 aliphatic carbocycles. The van der Waals surface area contributed by atoms with Crippen LogP contribution in [0.5, 0.6) is 11.5 Å². The first-order valence-electron chi connectivity index (χ1n) is 8.74. The molecule has 1 aromatic heterocycles. The third-order valence-electron chi connectivity index (χ3n) is 4.52. The maximum Gasteiger partial charge on any atom is 0.174 e. The Morgan fingerprint density at radius 2 is 1.96 bits per heavy atom. The fourth-order valence-electron chi connectivity index (χ4n) is 3.39. The number of nitrogens with zero attached hydrogens (tertiary/aromatic N) is 1. The van der Waals surface area contributed by atoms with Crippen molar-refractivity contribution in [3.63, 3.8) is 0 Å². The molecule has 1 aliphatic heterocycles. The van der Waals surface area contributed by atoms with Crippen LogP contribution in [-0.2, 0) is 4.74 Å². The summed E-state index contributed by atoms with van der Waals surface area (Å²) in [6, 6.07) is 7.99. The van der Waals surface area contributed by atoms with E-state index in [0.29, 0.717) is 25.6 Å². The lowest BCUT2D eigenvalue weighted by atomic mass is 10.2. The normalized spacial score (nSPS) is 14.3. The molecule has 26 heavy (non-hydrogen) atoms. The molecular formula is C20H25NO4S. The highest BCUT2D eigenvalue weighted by atomic mass is 32.2. The summed E-state index contributed by atoms with van der Waals surface area (Å²) in [6.07, 6.45) is 0. The summed E-state index contributed by atoms with van der Waals surface area (Å²) in [5.41, 5.74) is 2.87. The van der Waals surface area contributed by atoms with Crippen LogP contribution >= 0.6 is 11.8 Å². The zero-order chi connectivity index (χ0) is 18.7. The van der Waals surface area contributed by atoms with Gasteiger partial charge < -0.3 is 18.8 Å². The summed E-state index contributed by atoms with van der Waals surface area (Å²) in [7, 11) is 1.70. The Morgan fingerprint density at radius 3 is 2.69 bits per heavy atom. The van der Waals surface area contributed by atoms with Crippen molar-refractivity contribution in [3.8, 4) is 11.5 Å². The minimum atomic E-state index is 0.133. The van der Waals surface area contributed by atoms with Gasteiger partial charge >= 0.3 is 0 Å². The monoisotopic (exact) mass is 375 g/mol. The molecule has 2 aromatic rings. The lowest BCUT2D eigenvalue weighted by Crippen LogP contribution is -2.15. The number of methoxy groups -OCH3 is 1. The summed E-state index contributed by atoms with van der Waals surface area (Å²) in [6.45, 7) is 7.89. The summed E-state index contributed by atoms with van der Waals surface area (Å²) in [5, 5.41) is 0. The summed E-state index contributed by atoms with van der Waals surface area (Å²) < 4.78 is 18.6. The molecule has 0 saturated heterocycles. The number of aryl methyl sites for hydroxylation is 1. The maximum atomic E-state index is 12.8. The van der Waals surface area contributed by atoms with Gasteiger partial charge in [0.2, 0.25) is 0 Å². The Labute approximate surface area is 158 Å². The van der Waals surface area contributed by atoms with Gasteiger partial charge in [0.05, 0.1) is 18.4 Å². The van der Waals surface area contributed by atoms with E-state index in [1.807, 2.05) is 38.1 Å². The van der Waals surface area contributed by atoms with Crippen LogP contribution in [0.25, 0.3) is 0 Å². The van der Waals surface area contributed by atoms with E-state index in [4.69, 9.17) is 14.2 Å². The molecule has 2 heterocycles. The van der Waals surface area contributed by atoms with Gasteiger partial charge in [-0.25, -0.2) is 0 Å². The summed E-state index contributed by atoms with van der Waals surface area (Å²) in [4.78, 5) is 13.8. The van der Waals surface area contributed by atoms with Crippen LogP contribution < -0.4 is 9.47 Å². The number of Topliss-reactive ketones (excluding diaryl/α,β-unsaturated/α-hetero) is 1. The minimum Gasteiger partial charge on any atom is -0.486 e. The van der Waals surface area contributed by atoms with Gasteiger partial charge in [-0.05, 0) is 45.0 Å². The number of hydrogen-bond acceptors (Lipinski definition) is 5. The van der Waals surface area contributed by atoms with Crippen LogP contribution in [0.1, 0.15) is 34.7 Å². The highest BCUT2D eigenvalue weighted by Crippen LogP contribution is 2.34. The molecule has 1 atom stereocenters. The zero-order valence-corrected chi connectivity index (χ0v) is 16.5. The molecule has 5 nitrogen and oxygen atoms in total. The highest BCUT2D eigenvalue weighted by molar-refractivity contribution is 8.00. The Kier molecular flexibility index (Phi) is 5.94. The van der Waals surface area contributed by atoms with E-state index in [0.717, 1.165) is 33.3 Å². The SMILES string of the molecule is COC[C@H](C)n1c(C)cc(C(=O)CSc2ccc3c(c2)OCCO3)c1C. The minimum absolute atomic E-state index is 0.133. The number of fused-ring (bicyclic) bond motifs is 1. The second kappa shape index (κ2) is 8.18. The lowest BCUT2D eigenvalue weighted by molar-refractivity contribution is 0.102. The number of carbonyl (C=O) groups is 1. The van der Waals surface area contributed by atoms with Crippen molar-refractivity contribution in [1.29, 1.82) is 0 Å². The maximum absolute atomic E-state index is 12.8. The molecule has 0 fully saturated rings. The van der Waals surface area contributed by atoms with E-state index < -0.39 is 0 Å². The Hall–Kier alpha value is -1.92. The van der Waals surface area contributed by atoms with Crippen molar-refractivity contribution >= 4 is 17.5 Å². The molecule has 0 saturated carbocycles. The Morgan fingerprint density at radius 1 is 1.23 bits per heavy atom. The van der Waals surface area contributed by atoms with Crippen molar-refractivity contribution < 1.29 is 19.0 Å². The lowest BCUT2D eigenvalue weighted by Gasteiger charge is -2.18. The van der Waals surface area contributed by atoms with Gasteiger partial charge in [-0.3, -0.25) is 4.79 Å². The van der Waals surface area contributed by atoms with E-state index in [-0.39, 0.29) is 11.8 Å². The molecule has 0 N–H and O–H groups in total. The quantitative estimate of drug-likeness (QED) is 0.540. The van der Waals surface area contributed by atoms with E-state index in [1.54, 1.807) is 7.11 Å². The Balaban J connectivity index is 1.70. The molecule has 0 amide bonds. The highest BCUT2D eigenvalue weighted by Gasteiger charge is 2.19. The van der Waals surface area contributed by atoms with Gasteiger partial charge in [0, 0.05) is 29.0 Å². The van der Waals surface area contributed by atoms with Crippen molar-refractivity contribution in [2.24, 2.45) is 0 Å². The molecule has 1 aromatic carbocycles. The molecule has 3 rings (SSSR count). The van der Waals surface area contributed by atoms with Gasteiger partial charge in [0.25, 0.3) is 0 Å². The second-order valence-corrected chi connectivity index (χ2v) is 7.53. The predicted octanol–water partition coefficient (Wildman–Crippen LogP) is 4.06. The van der Waals surface area contributed by atoms with Crippen LogP contribution in [0.15, 0.2) is 29.2 Å². The number of ether oxygens (including phenoxy) is 3. The largest absolute Gasteiger partial charge is 0.486 e. The summed E-state index contributed by atoms with van der Waals surface area (Å²) in [5.74, 6) is 2.04. The van der Waals surface area contributed by atoms with Gasteiger partial charge in [0.15, 0.2) is 17.3 Å². The third-order valence-corrected chi connectivity index (χ3v) is 5.51. The van der Waals surface area contributed by atoms with Gasteiger partial charge in [0.1, 0.15) is 13.2 Å². The zero-order valence-electron chi connectivity index (χ0n) is 15.7. The van der Waals surface area contributed by atoms with Gasteiger partial charge in [-0.15, -0.1) is 11.8 Å². The van der Waals surface area contributed by atoms with Crippen molar-refractivity contribution in [1.82, 2.24) is 4.57 Å². The van der Waals surface area contributed by atoms with Crippen LogP contribution in [0.2, 0.25) is 0 Å². The van der Waals surface area contributed by atoms with Crippen LogP contribution in [0, 0.1) is 13.8 Å².